The number of nitriles is 2. The minimum absolute atomic E-state index is 0.00347. The fourth-order valence-corrected chi connectivity index (χ4v) is 1.31. The Kier molecular flexibility index (Phi) is 8.39. The summed E-state index contributed by atoms with van der Waals surface area (Å²) < 4.78 is 0. The van der Waals surface area contributed by atoms with Gasteiger partial charge in [-0.1, -0.05) is 19.8 Å². The van der Waals surface area contributed by atoms with Gasteiger partial charge in [-0.15, -0.1) is 9.98 Å². The summed E-state index contributed by atoms with van der Waals surface area (Å²) in [4.78, 5) is 6.70. The number of guanidine groups is 2. The summed E-state index contributed by atoms with van der Waals surface area (Å²) in [6.07, 6.45) is 6.64. The second-order valence-corrected chi connectivity index (χ2v) is 3.53. The van der Waals surface area contributed by atoms with Crippen LogP contribution in [0.1, 0.15) is 32.6 Å². The average molecular weight is 250 g/mol. The average Bonchev–Trinajstić information content (AvgIpc) is 2.29. The van der Waals surface area contributed by atoms with Crippen LogP contribution in [0.5, 0.6) is 0 Å². The van der Waals surface area contributed by atoms with Gasteiger partial charge in [-0.05, 0) is 12.8 Å². The van der Waals surface area contributed by atoms with Crippen molar-refractivity contribution in [2.75, 3.05) is 0 Å². The minimum Gasteiger partial charge on any atom is -0.369 e. The van der Waals surface area contributed by atoms with E-state index < -0.39 is 0 Å². The SMILES string of the molecule is CCCCCC(NC(N)=NC#N)NC(N)=NC#N. The molecular formula is C10H18N8. The van der Waals surface area contributed by atoms with Crippen molar-refractivity contribution in [2.45, 2.75) is 38.8 Å². The number of rotatable bonds is 6. The Labute approximate surface area is 106 Å². The van der Waals surface area contributed by atoms with Crippen LogP contribution in [0.15, 0.2) is 9.98 Å². The van der Waals surface area contributed by atoms with Crippen LogP contribution in [0.25, 0.3) is 0 Å². The molecule has 0 bridgehead atoms. The molecule has 8 heteroatoms. The van der Waals surface area contributed by atoms with Crippen molar-refractivity contribution in [3.8, 4) is 12.4 Å². The van der Waals surface area contributed by atoms with Gasteiger partial charge in [0.15, 0.2) is 0 Å². The Morgan fingerprint density at radius 3 is 2.00 bits per heavy atom. The van der Waals surface area contributed by atoms with Gasteiger partial charge in [0.25, 0.3) is 0 Å². The Balaban J connectivity index is 4.43. The van der Waals surface area contributed by atoms with Crippen molar-refractivity contribution < 1.29 is 0 Å². The number of hydrogen-bond donors (Lipinski definition) is 4. The molecule has 8 nitrogen and oxygen atoms in total. The predicted molar refractivity (Wildman–Crippen MR) is 68.7 cm³/mol. The van der Waals surface area contributed by atoms with Gasteiger partial charge in [0, 0.05) is 0 Å². The van der Waals surface area contributed by atoms with Gasteiger partial charge in [-0.2, -0.15) is 10.5 Å². The van der Waals surface area contributed by atoms with E-state index in [1.165, 1.54) is 0 Å². The molecule has 0 amide bonds. The van der Waals surface area contributed by atoms with Gasteiger partial charge in [0.05, 0.1) is 0 Å². The maximum Gasteiger partial charge on any atom is 0.209 e. The molecule has 0 aliphatic rings. The molecule has 0 aliphatic heterocycles. The topological polar surface area (TPSA) is 148 Å². The number of nitrogens with one attached hydrogen (secondary N) is 2. The maximum absolute atomic E-state index is 8.36. The van der Waals surface area contributed by atoms with E-state index >= 15 is 0 Å². The van der Waals surface area contributed by atoms with Crippen LogP contribution >= 0.6 is 0 Å². The predicted octanol–water partition coefficient (Wildman–Crippen LogP) is -0.336. The summed E-state index contributed by atoms with van der Waals surface area (Å²) in [5.41, 5.74) is 10.9. The van der Waals surface area contributed by atoms with E-state index in [1.54, 1.807) is 12.4 Å². The zero-order valence-electron chi connectivity index (χ0n) is 10.3. The van der Waals surface area contributed by atoms with Gasteiger partial charge in [-0.3, -0.25) is 0 Å². The van der Waals surface area contributed by atoms with Gasteiger partial charge in [0.2, 0.25) is 24.3 Å². The molecule has 0 atom stereocenters. The molecule has 98 valence electrons. The zero-order valence-corrected chi connectivity index (χ0v) is 10.3. The van der Waals surface area contributed by atoms with Crippen LogP contribution < -0.4 is 22.1 Å². The van der Waals surface area contributed by atoms with E-state index in [2.05, 4.69) is 27.5 Å². The molecule has 0 aromatic rings. The lowest BCUT2D eigenvalue weighted by Gasteiger charge is -2.20. The quantitative estimate of drug-likeness (QED) is 0.167. The number of nitrogens with zero attached hydrogens (tertiary/aromatic N) is 4. The lowest BCUT2D eigenvalue weighted by molar-refractivity contribution is 0.493. The van der Waals surface area contributed by atoms with E-state index in [0.717, 1.165) is 25.7 Å². The normalized spacial score (nSPS) is 13.3. The van der Waals surface area contributed by atoms with Crippen molar-refractivity contribution in [3.05, 3.63) is 0 Å². The summed E-state index contributed by atoms with van der Waals surface area (Å²) in [6, 6.07) is 0. The number of nitrogens with two attached hydrogens (primary N) is 2. The highest BCUT2D eigenvalue weighted by atomic mass is 15.2. The first kappa shape index (κ1) is 15.5. The number of aliphatic imine (C=N–C) groups is 2. The Hall–Kier alpha value is -2.48. The number of unbranched alkanes of at least 4 members (excludes halogenated alkanes) is 2. The molecule has 18 heavy (non-hydrogen) atoms. The number of hydrogen-bond acceptors (Lipinski definition) is 4. The third-order valence-corrected chi connectivity index (χ3v) is 2.08. The highest BCUT2D eigenvalue weighted by Crippen LogP contribution is 2.01. The van der Waals surface area contributed by atoms with E-state index in [1.807, 2.05) is 0 Å². The molecule has 0 aromatic heterocycles. The molecule has 0 saturated heterocycles. The zero-order chi connectivity index (χ0) is 13.8. The maximum atomic E-state index is 8.36. The summed E-state index contributed by atoms with van der Waals surface area (Å²) in [6.45, 7) is 2.09. The molecule has 0 aliphatic carbocycles. The fraction of sp³-hybridized carbons (Fsp3) is 0.600. The first-order valence-corrected chi connectivity index (χ1v) is 5.61. The first-order chi connectivity index (χ1) is 8.63. The van der Waals surface area contributed by atoms with Crippen LogP contribution in [0.2, 0.25) is 0 Å². The van der Waals surface area contributed by atoms with E-state index in [0.29, 0.717) is 0 Å². The molecule has 0 rings (SSSR count). The van der Waals surface area contributed by atoms with Crippen molar-refractivity contribution in [3.63, 3.8) is 0 Å². The molecular weight excluding hydrogens is 232 g/mol. The standard InChI is InChI=1S/C10H18N8/c1-2-3-4-5-8(17-9(13)15-6-11)18-10(14)16-7-12/h8H,2-5H2,1H3,(H3,13,15,17)(H3,14,16,18). The molecule has 6 N–H and O–H groups in total. The third-order valence-electron chi connectivity index (χ3n) is 2.08. The van der Waals surface area contributed by atoms with Crippen LogP contribution in [-0.2, 0) is 0 Å². The van der Waals surface area contributed by atoms with Gasteiger partial charge in [-0.25, -0.2) is 0 Å². The smallest absolute Gasteiger partial charge is 0.209 e. The van der Waals surface area contributed by atoms with Crippen LogP contribution in [0, 0.1) is 22.9 Å². The molecule has 0 saturated carbocycles. The van der Waals surface area contributed by atoms with Crippen molar-refractivity contribution in [2.24, 2.45) is 21.5 Å². The summed E-state index contributed by atoms with van der Waals surface area (Å²) >= 11 is 0. The Morgan fingerprint density at radius 2 is 1.61 bits per heavy atom. The Morgan fingerprint density at radius 1 is 1.11 bits per heavy atom. The molecule has 0 fully saturated rings. The van der Waals surface area contributed by atoms with Crippen LogP contribution in [0.4, 0.5) is 0 Å². The summed E-state index contributed by atoms with van der Waals surface area (Å²) in [5, 5.41) is 22.3. The molecule has 0 aromatic carbocycles. The van der Waals surface area contributed by atoms with E-state index in [-0.39, 0.29) is 18.1 Å². The third kappa shape index (κ3) is 7.77. The van der Waals surface area contributed by atoms with Crippen molar-refractivity contribution in [1.82, 2.24) is 10.6 Å². The monoisotopic (exact) mass is 250 g/mol. The van der Waals surface area contributed by atoms with Gasteiger partial charge in [0.1, 0.15) is 6.17 Å². The van der Waals surface area contributed by atoms with E-state index in [4.69, 9.17) is 22.0 Å². The van der Waals surface area contributed by atoms with Crippen molar-refractivity contribution >= 4 is 11.9 Å². The van der Waals surface area contributed by atoms with Crippen LogP contribution in [0.3, 0.4) is 0 Å². The highest BCUT2D eigenvalue weighted by Gasteiger charge is 2.09. The van der Waals surface area contributed by atoms with Crippen LogP contribution in [-0.4, -0.2) is 18.1 Å². The lowest BCUT2D eigenvalue weighted by Crippen LogP contribution is -2.52. The summed E-state index contributed by atoms with van der Waals surface area (Å²) in [5.74, 6) is -0.00693. The molecule has 0 spiro atoms. The second kappa shape index (κ2) is 9.73. The minimum atomic E-state index is -0.314. The fourth-order valence-electron chi connectivity index (χ4n) is 1.31. The molecule has 0 unspecified atom stereocenters. The summed E-state index contributed by atoms with van der Waals surface area (Å²) in [7, 11) is 0. The van der Waals surface area contributed by atoms with E-state index in [9.17, 15) is 0 Å². The lowest BCUT2D eigenvalue weighted by atomic mass is 10.2. The largest absolute Gasteiger partial charge is 0.369 e. The van der Waals surface area contributed by atoms with Gasteiger partial charge < -0.3 is 22.1 Å². The molecule has 0 heterocycles. The second-order valence-electron chi connectivity index (χ2n) is 3.53. The van der Waals surface area contributed by atoms with Gasteiger partial charge >= 0.3 is 0 Å². The highest BCUT2D eigenvalue weighted by molar-refractivity contribution is 5.81. The van der Waals surface area contributed by atoms with Crippen molar-refractivity contribution in [1.29, 1.82) is 10.5 Å². The Bertz CT molecular complexity index is 340. The molecule has 0 radical (unpaired) electrons. The first-order valence-electron chi connectivity index (χ1n) is 5.61.